The second-order valence-electron chi connectivity index (χ2n) is 5.87. The monoisotopic (exact) mass is 261 g/mol. The first-order chi connectivity index (χ1) is 9.03. The lowest BCUT2D eigenvalue weighted by Crippen LogP contribution is -2.31. The lowest BCUT2D eigenvalue weighted by Gasteiger charge is -2.28. The van der Waals surface area contributed by atoms with Crippen LogP contribution in [0.1, 0.15) is 50.5 Å². The Morgan fingerprint density at radius 1 is 1.53 bits per heavy atom. The van der Waals surface area contributed by atoms with E-state index in [0.717, 1.165) is 5.69 Å². The molecule has 1 aliphatic carbocycles. The van der Waals surface area contributed by atoms with E-state index in [1.54, 1.807) is 6.20 Å². The molecule has 1 amide bonds. The standard InChI is InChI=1S/C15H23N3O/c1-4-16-14(19)12-10-11(7-9-17-12)18-13-6-5-8-15(13,2)3/h7,9-10,13H,4-6,8H2,1-3H3,(H,16,19)(H,17,18). The third-order valence-corrected chi connectivity index (χ3v) is 3.93. The Morgan fingerprint density at radius 2 is 2.32 bits per heavy atom. The third kappa shape index (κ3) is 3.25. The predicted octanol–water partition coefficient (Wildman–Crippen LogP) is 2.82. The molecule has 1 saturated carbocycles. The van der Waals surface area contributed by atoms with E-state index in [4.69, 9.17) is 0 Å². The molecular formula is C15H23N3O. The summed E-state index contributed by atoms with van der Waals surface area (Å²) < 4.78 is 0. The van der Waals surface area contributed by atoms with E-state index in [1.807, 2.05) is 19.1 Å². The third-order valence-electron chi connectivity index (χ3n) is 3.93. The van der Waals surface area contributed by atoms with Crippen molar-refractivity contribution < 1.29 is 4.79 Å². The summed E-state index contributed by atoms with van der Waals surface area (Å²) in [6.07, 6.45) is 5.39. The van der Waals surface area contributed by atoms with Crippen molar-refractivity contribution in [1.82, 2.24) is 10.3 Å². The van der Waals surface area contributed by atoms with Crippen LogP contribution in [0.2, 0.25) is 0 Å². The number of carbonyl (C=O) groups is 1. The van der Waals surface area contributed by atoms with Crippen LogP contribution in [-0.4, -0.2) is 23.5 Å². The van der Waals surface area contributed by atoms with Gasteiger partial charge in [0.15, 0.2) is 0 Å². The van der Waals surface area contributed by atoms with Gasteiger partial charge in [0.2, 0.25) is 0 Å². The molecule has 0 bridgehead atoms. The fourth-order valence-corrected chi connectivity index (χ4v) is 2.69. The maximum absolute atomic E-state index is 11.8. The molecule has 1 aliphatic rings. The van der Waals surface area contributed by atoms with Crippen LogP contribution in [0.5, 0.6) is 0 Å². The second kappa shape index (κ2) is 5.59. The van der Waals surface area contributed by atoms with Crippen molar-refractivity contribution in [1.29, 1.82) is 0 Å². The van der Waals surface area contributed by atoms with E-state index in [0.29, 0.717) is 23.7 Å². The molecule has 2 N–H and O–H groups in total. The molecule has 0 aromatic carbocycles. The van der Waals surface area contributed by atoms with E-state index < -0.39 is 0 Å². The highest BCUT2D eigenvalue weighted by Crippen LogP contribution is 2.38. The summed E-state index contributed by atoms with van der Waals surface area (Å²) in [5.74, 6) is -0.114. The van der Waals surface area contributed by atoms with Crippen molar-refractivity contribution in [2.45, 2.75) is 46.1 Å². The molecule has 1 aromatic rings. The lowest BCUT2D eigenvalue weighted by molar-refractivity contribution is 0.0951. The minimum Gasteiger partial charge on any atom is -0.382 e. The average molecular weight is 261 g/mol. The number of anilines is 1. The Kier molecular flexibility index (Phi) is 4.08. The van der Waals surface area contributed by atoms with Gasteiger partial charge in [-0.05, 0) is 37.3 Å². The smallest absolute Gasteiger partial charge is 0.269 e. The van der Waals surface area contributed by atoms with Gasteiger partial charge in [-0.3, -0.25) is 9.78 Å². The number of aromatic nitrogens is 1. The zero-order chi connectivity index (χ0) is 13.9. The Bertz CT molecular complexity index is 456. The van der Waals surface area contributed by atoms with E-state index >= 15 is 0 Å². The molecule has 1 heterocycles. The van der Waals surface area contributed by atoms with E-state index in [9.17, 15) is 4.79 Å². The number of nitrogens with zero attached hydrogens (tertiary/aromatic N) is 1. The summed E-state index contributed by atoms with van der Waals surface area (Å²) in [7, 11) is 0. The van der Waals surface area contributed by atoms with E-state index in [1.165, 1.54) is 19.3 Å². The average Bonchev–Trinajstić information content (AvgIpc) is 2.69. The molecule has 4 nitrogen and oxygen atoms in total. The van der Waals surface area contributed by atoms with Crippen LogP contribution in [0.25, 0.3) is 0 Å². The maximum Gasteiger partial charge on any atom is 0.269 e. The Balaban J connectivity index is 2.09. The van der Waals surface area contributed by atoms with E-state index in [-0.39, 0.29) is 5.91 Å². The molecule has 0 radical (unpaired) electrons. The highest BCUT2D eigenvalue weighted by molar-refractivity contribution is 5.93. The maximum atomic E-state index is 11.8. The molecule has 0 aliphatic heterocycles. The number of amides is 1. The summed E-state index contributed by atoms with van der Waals surface area (Å²) in [5, 5.41) is 6.32. The largest absolute Gasteiger partial charge is 0.382 e. The molecule has 1 atom stereocenters. The summed E-state index contributed by atoms with van der Waals surface area (Å²) >= 11 is 0. The summed E-state index contributed by atoms with van der Waals surface area (Å²) in [6, 6.07) is 4.23. The number of pyridine rings is 1. The van der Waals surface area contributed by atoms with Crippen LogP contribution in [-0.2, 0) is 0 Å². The zero-order valence-corrected chi connectivity index (χ0v) is 12.0. The fourth-order valence-electron chi connectivity index (χ4n) is 2.69. The normalized spacial score (nSPS) is 21.1. The fraction of sp³-hybridized carbons (Fsp3) is 0.600. The Morgan fingerprint density at radius 3 is 2.95 bits per heavy atom. The molecular weight excluding hydrogens is 238 g/mol. The van der Waals surface area contributed by atoms with Gasteiger partial charge in [-0.25, -0.2) is 0 Å². The van der Waals surface area contributed by atoms with Crippen molar-refractivity contribution in [2.24, 2.45) is 5.41 Å². The van der Waals surface area contributed by atoms with Gasteiger partial charge >= 0.3 is 0 Å². The van der Waals surface area contributed by atoms with Crippen molar-refractivity contribution in [3.05, 3.63) is 24.0 Å². The Labute approximate surface area is 115 Å². The molecule has 104 valence electrons. The Hall–Kier alpha value is -1.58. The van der Waals surface area contributed by atoms with Crippen LogP contribution < -0.4 is 10.6 Å². The van der Waals surface area contributed by atoms with Crippen molar-refractivity contribution >= 4 is 11.6 Å². The second-order valence-corrected chi connectivity index (χ2v) is 5.87. The van der Waals surface area contributed by atoms with Crippen molar-refractivity contribution in [3.63, 3.8) is 0 Å². The predicted molar refractivity (Wildman–Crippen MR) is 77.3 cm³/mol. The lowest BCUT2D eigenvalue weighted by atomic mass is 9.87. The van der Waals surface area contributed by atoms with Gasteiger partial charge in [-0.1, -0.05) is 20.3 Å². The molecule has 1 unspecified atom stereocenters. The van der Waals surface area contributed by atoms with Gasteiger partial charge in [0.25, 0.3) is 5.91 Å². The van der Waals surface area contributed by atoms with Gasteiger partial charge in [-0.15, -0.1) is 0 Å². The molecule has 19 heavy (non-hydrogen) atoms. The summed E-state index contributed by atoms with van der Waals surface area (Å²) in [6.45, 7) is 7.11. The topological polar surface area (TPSA) is 54.0 Å². The van der Waals surface area contributed by atoms with Crippen LogP contribution in [0.3, 0.4) is 0 Å². The van der Waals surface area contributed by atoms with Gasteiger partial charge < -0.3 is 10.6 Å². The first kappa shape index (κ1) is 13.8. The summed E-state index contributed by atoms with van der Waals surface area (Å²) in [5.41, 5.74) is 1.77. The van der Waals surface area contributed by atoms with Crippen LogP contribution in [0, 0.1) is 5.41 Å². The van der Waals surface area contributed by atoms with Crippen molar-refractivity contribution in [3.8, 4) is 0 Å². The highest BCUT2D eigenvalue weighted by atomic mass is 16.1. The molecule has 0 saturated heterocycles. The molecule has 2 rings (SSSR count). The molecule has 4 heteroatoms. The first-order valence-corrected chi connectivity index (χ1v) is 7.04. The van der Waals surface area contributed by atoms with Crippen LogP contribution in [0.4, 0.5) is 5.69 Å². The molecule has 1 fully saturated rings. The number of carbonyl (C=O) groups excluding carboxylic acids is 1. The SMILES string of the molecule is CCNC(=O)c1cc(NC2CCCC2(C)C)ccn1. The van der Waals surface area contributed by atoms with Gasteiger partial charge in [0.1, 0.15) is 5.69 Å². The highest BCUT2D eigenvalue weighted by Gasteiger charge is 2.34. The number of rotatable bonds is 4. The van der Waals surface area contributed by atoms with E-state index in [2.05, 4.69) is 29.5 Å². The first-order valence-electron chi connectivity index (χ1n) is 7.04. The molecule has 0 spiro atoms. The van der Waals surface area contributed by atoms with Gasteiger partial charge in [0, 0.05) is 24.5 Å². The molecule has 1 aromatic heterocycles. The number of hydrogen-bond donors (Lipinski definition) is 2. The quantitative estimate of drug-likeness (QED) is 0.876. The van der Waals surface area contributed by atoms with Crippen LogP contribution >= 0.6 is 0 Å². The number of hydrogen-bond acceptors (Lipinski definition) is 3. The zero-order valence-electron chi connectivity index (χ0n) is 12.0. The van der Waals surface area contributed by atoms with Gasteiger partial charge in [0.05, 0.1) is 0 Å². The van der Waals surface area contributed by atoms with Crippen LogP contribution in [0.15, 0.2) is 18.3 Å². The van der Waals surface area contributed by atoms with Gasteiger partial charge in [-0.2, -0.15) is 0 Å². The minimum atomic E-state index is -0.114. The summed E-state index contributed by atoms with van der Waals surface area (Å²) in [4.78, 5) is 15.9. The number of nitrogens with one attached hydrogen (secondary N) is 2. The minimum absolute atomic E-state index is 0.114. The van der Waals surface area contributed by atoms with Crippen molar-refractivity contribution in [2.75, 3.05) is 11.9 Å².